The molecule has 0 saturated carbocycles. The lowest BCUT2D eigenvalue weighted by Gasteiger charge is -2.22. The third kappa shape index (κ3) is 3.28. The minimum Gasteiger partial charge on any atom is -0.495 e. The number of pyridine rings is 1. The van der Waals surface area contributed by atoms with Gasteiger partial charge < -0.3 is 15.0 Å². The molecule has 4 nitrogen and oxygen atoms in total. The molecule has 0 radical (unpaired) electrons. The lowest BCUT2D eigenvalue weighted by molar-refractivity contribution is 0.415. The van der Waals surface area contributed by atoms with Gasteiger partial charge in [-0.1, -0.05) is 17.7 Å². The van der Waals surface area contributed by atoms with Crippen LogP contribution in [0.15, 0.2) is 36.4 Å². The van der Waals surface area contributed by atoms with Crippen molar-refractivity contribution < 1.29 is 4.74 Å². The summed E-state index contributed by atoms with van der Waals surface area (Å²) in [7, 11) is 1.69. The minimum atomic E-state index is 0.373. The van der Waals surface area contributed by atoms with E-state index in [-0.39, 0.29) is 0 Å². The summed E-state index contributed by atoms with van der Waals surface area (Å²) < 4.78 is 5.45. The lowest BCUT2D eigenvalue weighted by Crippen LogP contribution is -2.26. The van der Waals surface area contributed by atoms with Crippen LogP contribution in [0.1, 0.15) is 12.1 Å². The van der Waals surface area contributed by atoms with Crippen LogP contribution in [-0.4, -0.2) is 31.2 Å². The predicted molar refractivity (Wildman–Crippen MR) is 91.2 cm³/mol. The third-order valence-electron chi connectivity index (χ3n) is 3.91. The molecule has 22 heavy (non-hydrogen) atoms. The summed E-state index contributed by atoms with van der Waals surface area (Å²) in [5.74, 6) is 1.80. The number of aryl methyl sites for hydroxylation is 1. The van der Waals surface area contributed by atoms with E-state index in [1.54, 1.807) is 7.11 Å². The van der Waals surface area contributed by atoms with E-state index in [2.05, 4.69) is 15.2 Å². The molecular formula is C17H20ClN3O. The van der Waals surface area contributed by atoms with Crippen LogP contribution in [0.2, 0.25) is 5.02 Å². The van der Waals surface area contributed by atoms with Gasteiger partial charge in [0.2, 0.25) is 0 Å². The summed E-state index contributed by atoms with van der Waals surface area (Å²) in [5.41, 5.74) is 2.08. The fourth-order valence-corrected chi connectivity index (χ4v) is 3.01. The minimum absolute atomic E-state index is 0.373. The second-order valence-corrected chi connectivity index (χ2v) is 5.99. The van der Waals surface area contributed by atoms with Crippen LogP contribution in [-0.2, 0) is 0 Å². The number of nitrogens with zero attached hydrogens (tertiary/aromatic N) is 2. The number of hydrogen-bond donors (Lipinski definition) is 1. The molecule has 2 heterocycles. The third-order valence-corrected chi connectivity index (χ3v) is 4.15. The van der Waals surface area contributed by atoms with Crippen molar-refractivity contribution in [2.45, 2.75) is 19.4 Å². The fourth-order valence-electron chi connectivity index (χ4n) is 2.84. The van der Waals surface area contributed by atoms with Crippen molar-refractivity contribution >= 4 is 23.1 Å². The molecule has 1 aromatic heterocycles. The molecule has 0 amide bonds. The van der Waals surface area contributed by atoms with Gasteiger partial charge in [0, 0.05) is 29.8 Å². The highest BCUT2D eigenvalue weighted by Gasteiger charge is 2.25. The van der Waals surface area contributed by atoms with Gasteiger partial charge in [0.1, 0.15) is 11.6 Å². The van der Waals surface area contributed by atoms with Crippen molar-refractivity contribution in [2.24, 2.45) is 0 Å². The largest absolute Gasteiger partial charge is 0.495 e. The summed E-state index contributed by atoms with van der Waals surface area (Å²) in [6.45, 7) is 3.88. The second-order valence-electron chi connectivity index (χ2n) is 5.56. The molecule has 0 aliphatic carbocycles. The average molecular weight is 318 g/mol. The second kappa shape index (κ2) is 6.44. The van der Waals surface area contributed by atoms with Crippen molar-refractivity contribution in [3.63, 3.8) is 0 Å². The Hall–Kier alpha value is -1.94. The Balaban J connectivity index is 1.71. The molecule has 1 N–H and O–H groups in total. The first-order valence-corrected chi connectivity index (χ1v) is 7.82. The van der Waals surface area contributed by atoms with Crippen LogP contribution in [0.4, 0.5) is 11.5 Å². The molecular weight excluding hydrogens is 298 g/mol. The molecule has 1 aliphatic rings. The molecule has 1 fully saturated rings. The molecule has 5 heteroatoms. The molecule has 1 aliphatic heterocycles. The molecule has 0 bridgehead atoms. The highest BCUT2D eigenvalue weighted by molar-refractivity contribution is 6.30. The standard InChI is InChI=1S/C17H20ClN3O/c1-12-4-3-5-17(19-12)20-14-8-9-21(11-14)15-10-13(18)6-7-16(15)22-2/h3-7,10,14H,8-9,11H2,1-2H3,(H,19,20). The van der Waals surface area contributed by atoms with E-state index in [1.807, 2.05) is 43.3 Å². The number of halogens is 1. The number of rotatable bonds is 4. The van der Waals surface area contributed by atoms with Crippen molar-refractivity contribution in [3.05, 3.63) is 47.1 Å². The van der Waals surface area contributed by atoms with E-state index in [0.29, 0.717) is 6.04 Å². The van der Waals surface area contributed by atoms with E-state index < -0.39 is 0 Å². The Labute approximate surface area is 136 Å². The molecule has 1 atom stereocenters. The lowest BCUT2D eigenvalue weighted by atomic mass is 10.2. The monoisotopic (exact) mass is 317 g/mol. The van der Waals surface area contributed by atoms with Gasteiger partial charge in [-0.25, -0.2) is 4.98 Å². The quantitative estimate of drug-likeness (QED) is 0.932. The first-order chi connectivity index (χ1) is 10.7. The SMILES string of the molecule is COc1ccc(Cl)cc1N1CCC(Nc2cccc(C)n2)C1. The highest BCUT2D eigenvalue weighted by Crippen LogP contribution is 2.33. The summed E-state index contributed by atoms with van der Waals surface area (Å²) in [4.78, 5) is 6.81. The fraction of sp³-hybridized carbons (Fsp3) is 0.353. The number of aromatic nitrogens is 1. The van der Waals surface area contributed by atoms with Crippen LogP contribution in [0, 0.1) is 6.92 Å². The predicted octanol–water partition coefficient (Wildman–Crippen LogP) is 3.74. The Morgan fingerprint density at radius 3 is 2.95 bits per heavy atom. The Morgan fingerprint density at radius 2 is 2.18 bits per heavy atom. The first-order valence-electron chi connectivity index (χ1n) is 7.44. The zero-order chi connectivity index (χ0) is 15.5. The number of methoxy groups -OCH3 is 1. The van der Waals surface area contributed by atoms with Crippen LogP contribution in [0.3, 0.4) is 0 Å². The molecule has 0 spiro atoms. The van der Waals surface area contributed by atoms with E-state index in [0.717, 1.165) is 47.5 Å². The zero-order valence-corrected chi connectivity index (χ0v) is 13.6. The smallest absolute Gasteiger partial charge is 0.142 e. The number of hydrogen-bond acceptors (Lipinski definition) is 4. The number of benzene rings is 1. The van der Waals surface area contributed by atoms with Gasteiger partial charge in [-0.3, -0.25) is 0 Å². The molecule has 1 saturated heterocycles. The van der Waals surface area contributed by atoms with E-state index >= 15 is 0 Å². The Bertz CT molecular complexity index is 662. The van der Waals surface area contributed by atoms with E-state index in [4.69, 9.17) is 16.3 Å². The topological polar surface area (TPSA) is 37.4 Å². The maximum absolute atomic E-state index is 6.13. The van der Waals surface area contributed by atoms with Gasteiger partial charge in [0.15, 0.2) is 0 Å². The van der Waals surface area contributed by atoms with Crippen LogP contribution >= 0.6 is 11.6 Å². The van der Waals surface area contributed by atoms with Crippen molar-refractivity contribution in [3.8, 4) is 5.75 Å². The number of anilines is 2. The Morgan fingerprint density at radius 1 is 1.32 bits per heavy atom. The molecule has 2 aromatic rings. The van der Waals surface area contributed by atoms with E-state index in [9.17, 15) is 0 Å². The van der Waals surface area contributed by atoms with E-state index in [1.165, 1.54) is 0 Å². The average Bonchev–Trinajstić information content (AvgIpc) is 2.95. The molecule has 116 valence electrons. The van der Waals surface area contributed by atoms with Gasteiger partial charge >= 0.3 is 0 Å². The van der Waals surface area contributed by atoms with Gasteiger partial charge in [-0.05, 0) is 43.7 Å². The summed E-state index contributed by atoms with van der Waals surface area (Å²) in [5, 5.41) is 4.24. The van der Waals surface area contributed by atoms with Gasteiger partial charge in [-0.15, -0.1) is 0 Å². The Kier molecular flexibility index (Phi) is 4.39. The van der Waals surface area contributed by atoms with Gasteiger partial charge in [0.25, 0.3) is 0 Å². The summed E-state index contributed by atoms with van der Waals surface area (Å²) in [6.07, 6.45) is 1.06. The van der Waals surface area contributed by atoms with Gasteiger partial charge in [-0.2, -0.15) is 0 Å². The summed E-state index contributed by atoms with van der Waals surface area (Å²) >= 11 is 6.13. The molecule has 1 aromatic carbocycles. The maximum atomic E-state index is 6.13. The maximum Gasteiger partial charge on any atom is 0.142 e. The van der Waals surface area contributed by atoms with Crippen molar-refractivity contribution in [1.29, 1.82) is 0 Å². The highest BCUT2D eigenvalue weighted by atomic mass is 35.5. The van der Waals surface area contributed by atoms with Crippen molar-refractivity contribution in [1.82, 2.24) is 4.98 Å². The molecule has 3 rings (SSSR count). The van der Waals surface area contributed by atoms with Gasteiger partial charge in [0.05, 0.1) is 12.8 Å². The summed E-state index contributed by atoms with van der Waals surface area (Å²) in [6, 6.07) is 12.1. The first kappa shape index (κ1) is 15.0. The van der Waals surface area contributed by atoms with Crippen LogP contribution < -0.4 is 15.0 Å². The number of ether oxygens (including phenoxy) is 1. The van der Waals surface area contributed by atoms with Crippen molar-refractivity contribution in [2.75, 3.05) is 30.4 Å². The van der Waals surface area contributed by atoms with Crippen LogP contribution in [0.25, 0.3) is 0 Å². The zero-order valence-electron chi connectivity index (χ0n) is 12.8. The van der Waals surface area contributed by atoms with Crippen LogP contribution in [0.5, 0.6) is 5.75 Å². The molecule has 1 unspecified atom stereocenters. The number of nitrogens with one attached hydrogen (secondary N) is 1. The normalized spacial score (nSPS) is 17.6.